The zero-order valence-corrected chi connectivity index (χ0v) is 10.8. The summed E-state index contributed by atoms with van der Waals surface area (Å²) < 4.78 is 13.9. The highest BCUT2D eigenvalue weighted by Gasteiger charge is 2.13. The minimum absolute atomic E-state index is 0.259. The fourth-order valence-electron chi connectivity index (χ4n) is 2.44. The first kappa shape index (κ1) is 11.8. The lowest BCUT2D eigenvalue weighted by Gasteiger charge is -2.04. The lowest BCUT2D eigenvalue weighted by atomic mass is 10.0. The number of aromatic amines is 1. The first-order valence-corrected chi connectivity index (χ1v) is 6.38. The van der Waals surface area contributed by atoms with Crippen LogP contribution in [0.1, 0.15) is 0 Å². The number of fused-ring (bicyclic) bond motifs is 2. The molecule has 0 aliphatic heterocycles. The predicted octanol–water partition coefficient (Wildman–Crippen LogP) is 2.89. The van der Waals surface area contributed by atoms with Crippen molar-refractivity contribution in [3.63, 3.8) is 0 Å². The topological polar surface area (TPSA) is 80.5 Å². The molecule has 0 atom stereocenters. The normalized spacial score (nSPS) is 11.3. The quantitative estimate of drug-likeness (QED) is 0.561. The Kier molecular flexibility index (Phi) is 2.38. The predicted molar refractivity (Wildman–Crippen MR) is 79.0 cm³/mol. The molecule has 0 unspecified atom stereocenters. The third kappa shape index (κ3) is 1.73. The summed E-state index contributed by atoms with van der Waals surface area (Å²) in [6.07, 6.45) is 1.37. The van der Waals surface area contributed by atoms with Gasteiger partial charge >= 0.3 is 0 Å². The second-order valence-electron chi connectivity index (χ2n) is 4.68. The number of imidazole rings is 1. The van der Waals surface area contributed by atoms with Gasteiger partial charge in [-0.25, -0.2) is 19.3 Å². The molecule has 0 bridgehead atoms. The van der Waals surface area contributed by atoms with Crippen molar-refractivity contribution >= 4 is 27.8 Å². The van der Waals surface area contributed by atoms with Gasteiger partial charge in [-0.1, -0.05) is 24.3 Å². The summed E-state index contributed by atoms with van der Waals surface area (Å²) in [6, 6.07) is 10.4. The van der Waals surface area contributed by atoms with Gasteiger partial charge < -0.3 is 10.7 Å². The van der Waals surface area contributed by atoms with Gasteiger partial charge in [0.1, 0.15) is 23.5 Å². The maximum Gasteiger partial charge on any atom is 0.183 e. The number of aromatic nitrogens is 4. The van der Waals surface area contributed by atoms with Gasteiger partial charge in [-0.05, 0) is 17.5 Å². The Morgan fingerprint density at radius 2 is 1.81 bits per heavy atom. The second kappa shape index (κ2) is 4.24. The van der Waals surface area contributed by atoms with Crippen LogP contribution >= 0.6 is 0 Å². The smallest absolute Gasteiger partial charge is 0.183 e. The molecule has 0 aliphatic carbocycles. The fourth-order valence-corrected chi connectivity index (χ4v) is 2.44. The first-order chi connectivity index (χ1) is 10.2. The van der Waals surface area contributed by atoms with Crippen molar-refractivity contribution < 1.29 is 4.39 Å². The second-order valence-corrected chi connectivity index (χ2v) is 4.68. The van der Waals surface area contributed by atoms with E-state index in [9.17, 15) is 4.39 Å². The van der Waals surface area contributed by atoms with Crippen molar-refractivity contribution in [2.45, 2.75) is 0 Å². The number of nitrogens with two attached hydrogens (primary N) is 1. The van der Waals surface area contributed by atoms with Gasteiger partial charge in [0.05, 0.1) is 0 Å². The van der Waals surface area contributed by atoms with Gasteiger partial charge in [0.25, 0.3) is 0 Å². The summed E-state index contributed by atoms with van der Waals surface area (Å²) >= 11 is 0. The Bertz CT molecular complexity index is 976. The summed E-state index contributed by atoms with van der Waals surface area (Å²) in [5.74, 6) is 0.670. The van der Waals surface area contributed by atoms with Crippen LogP contribution in [-0.2, 0) is 0 Å². The monoisotopic (exact) mass is 279 g/mol. The summed E-state index contributed by atoms with van der Waals surface area (Å²) in [5, 5.41) is 1.33. The van der Waals surface area contributed by atoms with Crippen LogP contribution in [0.15, 0.2) is 42.7 Å². The van der Waals surface area contributed by atoms with Crippen molar-refractivity contribution in [2.75, 3.05) is 5.73 Å². The highest BCUT2D eigenvalue weighted by atomic mass is 19.1. The van der Waals surface area contributed by atoms with Crippen molar-refractivity contribution in [3.8, 4) is 11.4 Å². The van der Waals surface area contributed by atoms with E-state index in [0.29, 0.717) is 28.2 Å². The molecule has 4 rings (SSSR count). The molecule has 6 heteroatoms. The van der Waals surface area contributed by atoms with Gasteiger partial charge in [0.2, 0.25) is 0 Å². The number of rotatable bonds is 1. The number of anilines is 1. The zero-order chi connectivity index (χ0) is 14.4. The highest BCUT2D eigenvalue weighted by molar-refractivity contribution is 5.97. The van der Waals surface area contributed by atoms with E-state index >= 15 is 0 Å². The van der Waals surface area contributed by atoms with Crippen LogP contribution < -0.4 is 5.73 Å². The maximum atomic E-state index is 13.9. The van der Waals surface area contributed by atoms with Crippen LogP contribution in [0.4, 0.5) is 10.2 Å². The molecular formula is C15H10FN5. The largest absolute Gasteiger partial charge is 0.382 e. The van der Waals surface area contributed by atoms with Gasteiger partial charge in [0, 0.05) is 10.9 Å². The van der Waals surface area contributed by atoms with Crippen LogP contribution in [0.5, 0.6) is 0 Å². The van der Waals surface area contributed by atoms with Gasteiger partial charge in [-0.3, -0.25) is 0 Å². The van der Waals surface area contributed by atoms with Crippen molar-refractivity contribution in [1.82, 2.24) is 19.9 Å². The molecule has 102 valence electrons. The van der Waals surface area contributed by atoms with Crippen LogP contribution in [0.3, 0.4) is 0 Å². The van der Waals surface area contributed by atoms with E-state index in [0.717, 1.165) is 10.9 Å². The van der Waals surface area contributed by atoms with E-state index in [-0.39, 0.29) is 5.82 Å². The number of halogens is 1. The number of nitrogen functional groups attached to an aromatic ring is 1. The Balaban J connectivity index is 2.05. The standard InChI is InChI=1S/C15H10FN5/c16-11-6-5-10(8-3-1-2-4-9(8)11)14-20-12-13(17)18-7-19-15(12)21-14/h1-7H,(H3,17,18,19,20,21). The summed E-state index contributed by atoms with van der Waals surface area (Å²) in [6.45, 7) is 0. The first-order valence-electron chi connectivity index (χ1n) is 6.38. The van der Waals surface area contributed by atoms with Crippen LogP contribution in [0.2, 0.25) is 0 Å². The lowest BCUT2D eigenvalue weighted by molar-refractivity contribution is 0.640. The number of benzene rings is 2. The molecule has 5 nitrogen and oxygen atoms in total. The van der Waals surface area contributed by atoms with E-state index < -0.39 is 0 Å². The lowest BCUT2D eigenvalue weighted by Crippen LogP contribution is -1.91. The third-order valence-corrected chi connectivity index (χ3v) is 3.44. The number of hydrogen-bond acceptors (Lipinski definition) is 4. The Morgan fingerprint density at radius 1 is 1.00 bits per heavy atom. The molecule has 0 fully saturated rings. The average Bonchev–Trinajstić information content (AvgIpc) is 2.93. The minimum atomic E-state index is -0.259. The van der Waals surface area contributed by atoms with E-state index in [1.54, 1.807) is 18.2 Å². The van der Waals surface area contributed by atoms with Crippen molar-refractivity contribution in [1.29, 1.82) is 0 Å². The van der Waals surface area contributed by atoms with Crippen LogP contribution in [0.25, 0.3) is 33.3 Å². The average molecular weight is 279 g/mol. The number of H-pyrrole nitrogens is 1. The molecule has 2 aromatic heterocycles. The number of nitrogens with zero attached hydrogens (tertiary/aromatic N) is 3. The zero-order valence-electron chi connectivity index (χ0n) is 10.8. The van der Waals surface area contributed by atoms with Crippen LogP contribution in [0, 0.1) is 5.82 Å². The SMILES string of the molecule is Nc1ncnc2nc(-c3ccc(F)c4ccccc34)[nH]c12. The molecule has 4 aromatic rings. The molecule has 2 heterocycles. The van der Waals surface area contributed by atoms with Gasteiger partial charge in [-0.2, -0.15) is 0 Å². The number of hydrogen-bond donors (Lipinski definition) is 2. The molecule has 3 N–H and O–H groups in total. The highest BCUT2D eigenvalue weighted by Crippen LogP contribution is 2.30. The summed E-state index contributed by atoms with van der Waals surface area (Å²) in [4.78, 5) is 15.5. The molecule has 0 radical (unpaired) electrons. The van der Waals surface area contributed by atoms with Crippen molar-refractivity contribution in [3.05, 3.63) is 48.5 Å². The van der Waals surface area contributed by atoms with E-state index in [1.807, 2.05) is 12.1 Å². The van der Waals surface area contributed by atoms with E-state index in [1.165, 1.54) is 12.4 Å². The molecule has 0 saturated heterocycles. The Morgan fingerprint density at radius 3 is 2.62 bits per heavy atom. The van der Waals surface area contributed by atoms with Gasteiger partial charge in [0.15, 0.2) is 11.5 Å². The number of nitrogens with one attached hydrogen (secondary N) is 1. The Hall–Kier alpha value is -3.02. The molecule has 0 spiro atoms. The molecular weight excluding hydrogens is 269 g/mol. The molecule has 2 aromatic carbocycles. The molecule has 0 aliphatic rings. The van der Waals surface area contributed by atoms with Crippen LogP contribution in [-0.4, -0.2) is 19.9 Å². The Labute approximate surface area is 118 Å². The summed E-state index contributed by atoms with van der Waals surface area (Å²) in [7, 11) is 0. The molecule has 21 heavy (non-hydrogen) atoms. The minimum Gasteiger partial charge on any atom is -0.382 e. The van der Waals surface area contributed by atoms with E-state index in [2.05, 4.69) is 19.9 Å². The third-order valence-electron chi connectivity index (χ3n) is 3.44. The maximum absolute atomic E-state index is 13.9. The van der Waals surface area contributed by atoms with Gasteiger partial charge in [-0.15, -0.1) is 0 Å². The molecule has 0 saturated carbocycles. The molecule has 0 amide bonds. The summed E-state index contributed by atoms with van der Waals surface area (Å²) in [5.41, 5.74) is 7.67. The van der Waals surface area contributed by atoms with Crippen molar-refractivity contribution in [2.24, 2.45) is 0 Å². The fraction of sp³-hybridized carbons (Fsp3) is 0. The van der Waals surface area contributed by atoms with E-state index in [4.69, 9.17) is 5.73 Å².